The molecule has 1 saturated carbocycles. The molecule has 2 rings (SSSR count). The fraction of sp³-hybridized carbons (Fsp3) is 0.625. The third kappa shape index (κ3) is 4.11. The molecule has 1 aliphatic carbocycles. The molecule has 18 heavy (non-hydrogen) atoms. The van der Waals surface area contributed by atoms with E-state index in [0.717, 1.165) is 25.4 Å². The summed E-state index contributed by atoms with van der Waals surface area (Å²) >= 11 is 0. The summed E-state index contributed by atoms with van der Waals surface area (Å²) in [4.78, 5) is 2.58. The van der Waals surface area contributed by atoms with Crippen LogP contribution in [0.2, 0.25) is 0 Å². The number of hydrogen-bond donors (Lipinski definition) is 1. The summed E-state index contributed by atoms with van der Waals surface area (Å²) in [6.07, 6.45) is 5.17. The minimum atomic E-state index is 0.552. The van der Waals surface area contributed by atoms with Crippen molar-refractivity contribution in [3.05, 3.63) is 35.9 Å². The molecule has 1 unspecified atom stereocenters. The van der Waals surface area contributed by atoms with E-state index in [9.17, 15) is 0 Å². The van der Waals surface area contributed by atoms with Crippen LogP contribution in [-0.4, -0.2) is 30.6 Å². The third-order valence-corrected chi connectivity index (χ3v) is 3.99. The van der Waals surface area contributed by atoms with Crippen molar-refractivity contribution in [3.8, 4) is 0 Å². The van der Waals surface area contributed by atoms with Crippen LogP contribution in [0.5, 0.6) is 0 Å². The quantitative estimate of drug-likeness (QED) is 0.764. The molecule has 0 aromatic heterocycles. The van der Waals surface area contributed by atoms with Crippen molar-refractivity contribution in [1.82, 2.24) is 4.90 Å². The minimum absolute atomic E-state index is 0.552. The van der Waals surface area contributed by atoms with Gasteiger partial charge in [-0.05, 0) is 43.7 Å². The first-order valence-corrected chi connectivity index (χ1v) is 7.31. The van der Waals surface area contributed by atoms with Crippen molar-refractivity contribution in [2.75, 3.05) is 19.6 Å². The maximum absolute atomic E-state index is 5.97. The molecule has 0 heterocycles. The van der Waals surface area contributed by atoms with E-state index in [0.29, 0.717) is 6.04 Å². The van der Waals surface area contributed by atoms with Crippen molar-refractivity contribution in [3.63, 3.8) is 0 Å². The monoisotopic (exact) mass is 246 g/mol. The van der Waals surface area contributed by atoms with E-state index in [4.69, 9.17) is 5.73 Å². The number of likely N-dealkylation sites (N-methyl/N-ethyl adjacent to an activating group) is 1. The van der Waals surface area contributed by atoms with Crippen LogP contribution in [-0.2, 0) is 6.42 Å². The van der Waals surface area contributed by atoms with Crippen LogP contribution in [0, 0.1) is 5.92 Å². The molecule has 0 amide bonds. The highest BCUT2D eigenvalue weighted by Crippen LogP contribution is 2.30. The summed E-state index contributed by atoms with van der Waals surface area (Å²) in [6.45, 7) is 5.43. The third-order valence-electron chi connectivity index (χ3n) is 3.99. The maximum atomic E-state index is 5.97. The molecule has 1 fully saturated rings. The van der Waals surface area contributed by atoms with E-state index in [1.165, 1.54) is 31.4 Å². The Labute approximate surface area is 111 Å². The summed E-state index contributed by atoms with van der Waals surface area (Å²) < 4.78 is 0. The van der Waals surface area contributed by atoms with Gasteiger partial charge in [0.05, 0.1) is 0 Å². The highest BCUT2D eigenvalue weighted by atomic mass is 15.2. The van der Waals surface area contributed by atoms with Crippen LogP contribution in [0.1, 0.15) is 31.7 Å². The molecule has 2 nitrogen and oxygen atoms in total. The topological polar surface area (TPSA) is 29.3 Å². The molecular weight excluding hydrogens is 220 g/mol. The van der Waals surface area contributed by atoms with Gasteiger partial charge in [-0.25, -0.2) is 0 Å². The van der Waals surface area contributed by atoms with E-state index in [1.807, 2.05) is 0 Å². The Morgan fingerprint density at radius 3 is 2.56 bits per heavy atom. The molecule has 1 atom stereocenters. The Bertz CT molecular complexity index is 332. The second kappa shape index (κ2) is 6.91. The predicted octanol–water partition coefficient (Wildman–Crippen LogP) is 2.68. The average molecular weight is 246 g/mol. The van der Waals surface area contributed by atoms with E-state index >= 15 is 0 Å². The second-order valence-electron chi connectivity index (χ2n) is 5.44. The van der Waals surface area contributed by atoms with Gasteiger partial charge < -0.3 is 5.73 Å². The molecular formula is C16H26N2. The van der Waals surface area contributed by atoms with Gasteiger partial charge in [0.25, 0.3) is 0 Å². The molecule has 1 aliphatic rings. The van der Waals surface area contributed by atoms with Crippen molar-refractivity contribution >= 4 is 0 Å². The van der Waals surface area contributed by atoms with Crippen molar-refractivity contribution < 1.29 is 0 Å². The van der Waals surface area contributed by atoms with Gasteiger partial charge in [0.1, 0.15) is 0 Å². The first kappa shape index (κ1) is 13.6. The summed E-state index contributed by atoms with van der Waals surface area (Å²) in [5, 5.41) is 0. The van der Waals surface area contributed by atoms with Gasteiger partial charge in [-0.3, -0.25) is 4.90 Å². The Balaban J connectivity index is 1.83. The summed E-state index contributed by atoms with van der Waals surface area (Å²) in [5.41, 5.74) is 7.40. The number of rotatable bonds is 8. The lowest BCUT2D eigenvalue weighted by Crippen LogP contribution is -2.42. The minimum Gasteiger partial charge on any atom is -0.329 e. The molecule has 0 spiro atoms. The maximum Gasteiger partial charge on any atom is 0.0221 e. The summed E-state index contributed by atoms with van der Waals surface area (Å²) in [5.74, 6) is 0.954. The fourth-order valence-corrected chi connectivity index (χ4v) is 2.60. The van der Waals surface area contributed by atoms with Gasteiger partial charge >= 0.3 is 0 Å². The number of hydrogen-bond acceptors (Lipinski definition) is 2. The molecule has 0 bridgehead atoms. The van der Waals surface area contributed by atoms with Gasteiger partial charge in [0, 0.05) is 19.1 Å². The van der Waals surface area contributed by atoms with Crippen molar-refractivity contribution in [1.29, 1.82) is 0 Å². The molecule has 2 heteroatoms. The van der Waals surface area contributed by atoms with Crippen LogP contribution in [0.3, 0.4) is 0 Å². The average Bonchev–Trinajstić information content (AvgIpc) is 3.23. The molecule has 1 aromatic carbocycles. The van der Waals surface area contributed by atoms with Crippen LogP contribution in [0.4, 0.5) is 0 Å². The van der Waals surface area contributed by atoms with E-state index in [2.05, 4.69) is 42.2 Å². The summed E-state index contributed by atoms with van der Waals surface area (Å²) in [7, 11) is 0. The van der Waals surface area contributed by atoms with E-state index in [-0.39, 0.29) is 0 Å². The predicted molar refractivity (Wildman–Crippen MR) is 77.6 cm³/mol. The van der Waals surface area contributed by atoms with E-state index < -0.39 is 0 Å². The van der Waals surface area contributed by atoms with Gasteiger partial charge in [0.2, 0.25) is 0 Å². The zero-order chi connectivity index (χ0) is 12.8. The van der Waals surface area contributed by atoms with Gasteiger partial charge in [-0.2, -0.15) is 0 Å². The molecule has 0 radical (unpaired) electrons. The fourth-order valence-electron chi connectivity index (χ4n) is 2.60. The first-order chi connectivity index (χ1) is 8.83. The number of nitrogens with two attached hydrogens (primary N) is 1. The number of benzene rings is 1. The molecule has 0 saturated heterocycles. The van der Waals surface area contributed by atoms with Gasteiger partial charge in [-0.1, -0.05) is 37.3 Å². The molecule has 2 N–H and O–H groups in total. The van der Waals surface area contributed by atoms with Crippen LogP contribution in [0.25, 0.3) is 0 Å². The van der Waals surface area contributed by atoms with Gasteiger partial charge in [0.15, 0.2) is 0 Å². The zero-order valence-corrected chi connectivity index (χ0v) is 11.5. The van der Waals surface area contributed by atoms with Crippen LogP contribution < -0.4 is 5.73 Å². The second-order valence-corrected chi connectivity index (χ2v) is 5.44. The lowest BCUT2D eigenvalue weighted by molar-refractivity contribution is 0.192. The Morgan fingerprint density at radius 1 is 1.28 bits per heavy atom. The molecule has 1 aromatic rings. The smallest absolute Gasteiger partial charge is 0.0221 e. The van der Waals surface area contributed by atoms with Crippen molar-refractivity contribution in [2.24, 2.45) is 11.7 Å². The lowest BCUT2D eigenvalue weighted by atomic mass is 10.0. The van der Waals surface area contributed by atoms with Crippen molar-refractivity contribution in [2.45, 2.75) is 38.6 Å². The highest BCUT2D eigenvalue weighted by molar-refractivity contribution is 5.14. The number of nitrogens with zero attached hydrogens (tertiary/aromatic N) is 1. The van der Waals surface area contributed by atoms with Crippen LogP contribution >= 0.6 is 0 Å². The standard InChI is InChI=1S/C16H26N2/c1-2-18(13-15-8-9-15)16(12-17)11-10-14-6-4-3-5-7-14/h3-7,15-16H,2,8-13,17H2,1H3. The lowest BCUT2D eigenvalue weighted by Gasteiger charge is -2.30. The Hall–Kier alpha value is -0.860. The van der Waals surface area contributed by atoms with Crippen LogP contribution in [0.15, 0.2) is 30.3 Å². The van der Waals surface area contributed by atoms with E-state index in [1.54, 1.807) is 0 Å². The normalized spacial score (nSPS) is 17.1. The first-order valence-electron chi connectivity index (χ1n) is 7.31. The summed E-state index contributed by atoms with van der Waals surface area (Å²) in [6, 6.07) is 11.3. The largest absolute Gasteiger partial charge is 0.329 e. The zero-order valence-electron chi connectivity index (χ0n) is 11.5. The Morgan fingerprint density at radius 2 is 2.00 bits per heavy atom. The van der Waals surface area contributed by atoms with Gasteiger partial charge in [-0.15, -0.1) is 0 Å². The highest BCUT2D eigenvalue weighted by Gasteiger charge is 2.26. The Kier molecular flexibility index (Phi) is 5.21. The SMILES string of the molecule is CCN(CC1CC1)C(CN)CCc1ccccc1. The molecule has 100 valence electrons. The molecule has 0 aliphatic heterocycles. The number of aryl methyl sites for hydroxylation is 1.